The molecule has 1 aromatic heterocycles. The van der Waals surface area contributed by atoms with E-state index in [0.29, 0.717) is 12.2 Å². The lowest BCUT2D eigenvalue weighted by atomic mass is 10.2. The van der Waals surface area contributed by atoms with E-state index in [1.54, 1.807) is 19.3 Å². The van der Waals surface area contributed by atoms with Gasteiger partial charge >= 0.3 is 0 Å². The van der Waals surface area contributed by atoms with Gasteiger partial charge in [0.1, 0.15) is 5.69 Å². The van der Waals surface area contributed by atoms with Crippen molar-refractivity contribution in [2.75, 3.05) is 31.6 Å². The monoisotopic (exact) mass is 236 g/mol. The molecule has 0 saturated heterocycles. The first-order valence-electron chi connectivity index (χ1n) is 5.86. The summed E-state index contributed by atoms with van der Waals surface area (Å²) in [6.45, 7) is 4.42. The fraction of sp³-hybridized carbons (Fsp3) is 0.500. The average Bonchev–Trinajstić information content (AvgIpc) is 2.37. The number of anilines is 1. The molecular formula is C12H20N4O. The Morgan fingerprint density at radius 2 is 2.29 bits per heavy atom. The predicted molar refractivity (Wildman–Crippen MR) is 69.2 cm³/mol. The van der Waals surface area contributed by atoms with E-state index in [0.717, 1.165) is 25.2 Å². The standard InChI is InChI=1S/C12H20N4O/c1-3-7-16(8-5-13)10-4-6-15-11(9-10)12(17)14-2/h4,6,9H,3,5,7-8,13H2,1-2H3,(H,14,17). The van der Waals surface area contributed by atoms with E-state index in [1.165, 1.54) is 0 Å². The number of carbonyl (C=O) groups is 1. The van der Waals surface area contributed by atoms with Gasteiger partial charge in [0.2, 0.25) is 0 Å². The molecule has 5 nitrogen and oxygen atoms in total. The molecule has 0 aliphatic carbocycles. The molecule has 0 fully saturated rings. The molecule has 0 spiro atoms. The van der Waals surface area contributed by atoms with Crippen LogP contribution in [0.15, 0.2) is 18.3 Å². The summed E-state index contributed by atoms with van der Waals surface area (Å²) in [5.74, 6) is -0.170. The number of hydrogen-bond donors (Lipinski definition) is 2. The highest BCUT2D eigenvalue weighted by Crippen LogP contribution is 2.14. The molecule has 0 aliphatic rings. The molecule has 5 heteroatoms. The minimum atomic E-state index is -0.170. The van der Waals surface area contributed by atoms with Crippen LogP contribution in [-0.2, 0) is 0 Å². The second-order valence-electron chi connectivity index (χ2n) is 3.75. The summed E-state index contributed by atoms with van der Waals surface area (Å²) in [5, 5.41) is 2.57. The molecule has 1 aromatic rings. The van der Waals surface area contributed by atoms with Crippen LogP contribution in [0.3, 0.4) is 0 Å². The van der Waals surface area contributed by atoms with Crippen LogP contribution in [0.4, 0.5) is 5.69 Å². The van der Waals surface area contributed by atoms with Crippen molar-refractivity contribution in [2.45, 2.75) is 13.3 Å². The van der Waals surface area contributed by atoms with Crippen LogP contribution in [0.2, 0.25) is 0 Å². The Bertz CT molecular complexity index is 361. The molecule has 0 radical (unpaired) electrons. The Hall–Kier alpha value is -1.62. The van der Waals surface area contributed by atoms with Crippen LogP contribution in [0.25, 0.3) is 0 Å². The van der Waals surface area contributed by atoms with Crippen LogP contribution in [0, 0.1) is 0 Å². The van der Waals surface area contributed by atoms with Crippen molar-refractivity contribution in [1.29, 1.82) is 0 Å². The molecule has 0 bridgehead atoms. The van der Waals surface area contributed by atoms with Gasteiger partial charge in [-0.2, -0.15) is 0 Å². The van der Waals surface area contributed by atoms with Crippen molar-refractivity contribution in [2.24, 2.45) is 5.73 Å². The number of pyridine rings is 1. The number of aromatic nitrogens is 1. The normalized spacial score (nSPS) is 10.1. The zero-order valence-electron chi connectivity index (χ0n) is 10.4. The first kappa shape index (κ1) is 13.4. The molecule has 0 saturated carbocycles. The highest BCUT2D eigenvalue weighted by molar-refractivity contribution is 5.92. The molecular weight excluding hydrogens is 216 g/mol. The fourth-order valence-corrected chi connectivity index (χ4v) is 1.66. The Labute approximate surface area is 102 Å². The maximum absolute atomic E-state index is 11.5. The van der Waals surface area contributed by atoms with Gasteiger partial charge in [-0.25, -0.2) is 0 Å². The zero-order valence-corrected chi connectivity index (χ0v) is 10.4. The third-order valence-corrected chi connectivity index (χ3v) is 2.46. The first-order valence-corrected chi connectivity index (χ1v) is 5.86. The van der Waals surface area contributed by atoms with Crippen molar-refractivity contribution in [3.05, 3.63) is 24.0 Å². The molecule has 0 atom stereocenters. The van der Waals surface area contributed by atoms with E-state index in [4.69, 9.17) is 5.73 Å². The minimum absolute atomic E-state index is 0.170. The number of hydrogen-bond acceptors (Lipinski definition) is 4. The number of carbonyl (C=O) groups excluding carboxylic acids is 1. The lowest BCUT2D eigenvalue weighted by Crippen LogP contribution is -2.30. The van der Waals surface area contributed by atoms with Gasteiger partial charge in [0.25, 0.3) is 5.91 Å². The quantitative estimate of drug-likeness (QED) is 0.759. The van der Waals surface area contributed by atoms with Crippen LogP contribution < -0.4 is 16.0 Å². The van der Waals surface area contributed by atoms with E-state index < -0.39 is 0 Å². The van der Waals surface area contributed by atoms with Crippen LogP contribution in [0.5, 0.6) is 0 Å². The van der Waals surface area contributed by atoms with Crippen molar-refractivity contribution < 1.29 is 4.79 Å². The van der Waals surface area contributed by atoms with Crippen molar-refractivity contribution in [3.8, 4) is 0 Å². The van der Waals surface area contributed by atoms with Gasteiger partial charge in [-0.05, 0) is 18.6 Å². The minimum Gasteiger partial charge on any atom is -0.370 e. The fourth-order valence-electron chi connectivity index (χ4n) is 1.66. The van der Waals surface area contributed by atoms with Crippen LogP contribution >= 0.6 is 0 Å². The van der Waals surface area contributed by atoms with E-state index in [2.05, 4.69) is 22.1 Å². The van der Waals surface area contributed by atoms with Crippen LogP contribution in [0.1, 0.15) is 23.8 Å². The Balaban J connectivity index is 2.91. The van der Waals surface area contributed by atoms with Gasteiger partial charge in [0, 0.05) is 38.6 Å². The molecule has 0 unspecified atom stereocenters. The molecule has 1 rings (SSSR count). The zero-order chi connectivity index (χ0) is 12.7. The molecule has 1 heterocycles. The lowest BCUT2D eigenvalue weighted by molar-refractivity contribution is 0.0958. The highest BCUT2D eigenvalue weighted by atomic mass is 16.1. The van der Waals surface area contributed by atoms with Gasteiger partial charge in [-0.1, -0.05) is 6.92 Å². The smallest absolute Gasteiger partial charge is 0.269 e. The topological polar surface area (TPSA) is 71.2 Å². The molecule has 3 N–H and O–H groups in total. The van der Waals surface area contributed by atoms with E-state index >= 15 is 0 Å². The van der Waals surface area contributed by atoms with Crippen molar-refractivity contribution >= 4 is 11.6 Å². The molecule has 17 heavy (non-hydrogen) atoms. The average molecular weight is 236 g/mol. The number of amides is 1. The summed E-state index contributed by atoms with van der Waals surface area (Å²) in [6.07, 6.45) is 2.69. The van der Waals surface area contributed by atoms with Crippen molar-refractivity contribution in [1.82, 2.24) is 10.3 Å². The maximum atomic E-state index is 11.5. The molecule has 0 aliphatic heterocycles. The molecule has 0 aromatic carbocycles. The second kappa shape index (κ2) is 6.85. The van der Waals surface area contributed by atoms with Gasteiger partial charge in [-0.3, -0.25) is 9.78 Å². The number of rotatable bonds is 6. The van der Waals surface area contributed by atoms with E-state index in [9.17, 15) is 4.79 Å². The summed E-state index contributed by atoms with van der Waals surface area (Å²) in [5.41, 5.74) is 7.01. The van der Waals surface area contributed by atoms with Gasteiger partial charge < -0.3 is 16.0 Å². The van der Waals surface area contributed by atoms with Crippen molar-refractivity contribution in [3.63, 3.8) is 0 Å². The Morgan fingerprint density at radius 1 is 1.53 bits per heavy atom. The third-order valence-electron chi connectivity index (χ3n) is 2.46. The Kier molecular flexibility index (Phi) is 5.42. The number of nitrogens with zero attached hydrogens (tertiary/aromatic N) is 2. The number of nitrogens with two attached hydrogens (primary N) is 1. The van der Waals surface area contributed by atoms with E-state index in [-0.39, 0.29) is 5.91 Å². The highest BCUT2D eigenvalue weighted by Gasteiger charge is 2.09. The number of nitrogens with one attached hydrogen (secondary N) is 1. The summed E-state index contributed by atoms with van der Waals surface area (Å²) >= 11 is 0. The van der Waals surface area contributed by atoms with Gasteiger partial charge in [-0.15, -0.1) is 0 Å². The van der Waals surface area contributed by atoms with Gasteiger partial charge in [0.05, 0.1) is 0 Å². The van der Waals surface area contributed by atoms with Gasteiger partial charge in [0.15, 0.2) is 0 Å². The SMILES string of the molecule is CCCN(CCN)c1ccnc(C(=O)NC)c1. The summed E-state index contributed by atoms with van der Waals surface area (Å²) < 4.78 is 0. The maximum Gasteiger partial charge on any atom is 0.269 e. The second-order valence-corrected chi connectivity index (χ2v) is 3.75. The third kappa shape index (κ3) is 3.71. The molecule has 1 amide bonds. The largest absolute Gasteiger partial charge is 0.370 e. The first-order chi connectivity index (χ1) is 8.22. The lowest BCUT2D eigenvalue weighted by Gasteiger charge is -2.23. The summed E-state index contributed by atoms with van der Waals surface area (Å²) in [4.78, 5) is 17.7. The van der Waals surface area contributed by atoms with E-state index in [1.807, 2.05) is 6.07 Å². The summed E-state index contributed by atoms with van der Waals surface area (Å²) in [6, 6.07) is 3.70. The van der Waals surface area contributed by atoms with Crippen LogP contribution in [-0.4, -0.2) is 37.6 Å². The summed E-state index contributed by atoms with van der Waals surface area (Å²) in [7, 11) is 1.60. The predicted octanol–water partition coefficient (Wildman–Crippen LogP) is 0.616. The Morgan fingerprint density at radius 3 is 2.88 bits per heavy atom. The molecule has 94 valence electrons.